The molecule has 0 fully saturated rings. The summed E-state index contributed by atoms with van der Waals surface area (Å²) in [7, 11) is 0. The number of hydrogen-bond donors (Lipinski definition) is 0. The quantitative estimate of drug-likeness (QED) is 0.166. The molecule has 0 radical (unpaired) electrons. The van der Waals surface area contributed by atoms with Gasteiger partial charge in [-0.2, -0.15) is 5.26 Å². The van der Waals surface area contributed by atoms with Gasteiger partial charge in [-0.25, -0.2) is 4.85 Å². The molecular weight excluding hydrogens is 657 g/mol. The molecule has 0 saturated carbocycles. The number of hydrogen-bond acceptors (Lipinski definition) is 1. The number of nitriles is 1. The monoisotopic (exact) mass is 690 g/mol. The van der Waals surface area contributed by atoms with E-state index in [1.165, 1.54) is 44.5 Å². The highest BCUT2D eigenvalue weighted by Crippen LogP contribution is 2.53. The second-order valence-corrected chi connectivity index (χ2v) is 16.0. The van der Waals surface area contributed by atoms with E-state index in [2.05, 4.69) is 169 Å². The average molecular weight is 691 g/mol. The lowest BCUT2D eigenvalue weighted by Crippen LogP contribution is -2.15. The number of benzene rings is 7. The van der Waals surface area contributed by atoms with Crippen molar-refractivity contribution in [3.63, 3.8) is 0 Å². The van der Waals surface area contributed by atoms with E-state index >= 15 is 0 Å². The Kier molecular flexibility index (Phi) is 5.90. The Morgan fingerprint density at radius 3 is 1.44 bits per heavy atom. The van der Waals surface area contributed by atoms with Crippen LogP contribution in [0.4, 0.5) is 5.69 Å². The maximum absolute atomic E-state index is 11.0. The summed E-state index contributed by atoms with van der Waals surface area (Å²) in [6.45, 7) is 17.8. The summed E-state index contributed by atoms with van der Waals surface area (Å²) in [6.07, 6.45) is 0. The molecular formula is C50H34N4. The van der Waals surface area contributed by atoms with Gasteiger partial charge in [0.25, 0.3) is 0 Å². The third-order valence-corrected chi connectivity index (χ3v) is 12.6. The molecule has 0 aliphatic heterocycles. The molecule has 2 aliphatic rings. The van der Waals surface area contributed by atoms with Crippen LogP contribution in [0.2, 0.25) is 0 Å². The average Bonchev–Trinajstić information content (AvgIpc) is 3.84. The molecule has 0 N–H and O–H groups in total. The third kappa shape index (κ3) is 3.75. The van der Waals surface area contributed by atoms with Gasteiger partial charge in [0.05, 0.1) is 45.6 Å². The molecule has 0 bridgehead atoms. The van der Waals surface area contributed by atoms with Crippen molar-refractivity contribution in [2.75, 3.05) is 0 Å². The molecule has 0 atom stereocenters. The minimum atomic E-state index is -0.183. The fourth-order valence-electron chi connectivity index (χ4n) is 9.95. The molecule has 2 aliphatic carbocycles. The lowest BCUT2D eigenvalue weighted by atomic mass is 9.82. The Morgan fingerprint density at radius 2 is 0.944 bits per heavy atom. The van der Waals surface area contributed by atoms with Gasteiger partial charge in [-0.05, 0) is 93.0 Å². The zero-order chi connectivity index (χ0) is 36.7. The normalized spacial score (nSPS) is 14.6. The first-order valence-corrected chi connectivity index (χ1v) is 18.5. The number of fused-ring (bicyclic) bond motifs is 12. The predicted molar refractivity (Wildman–Crippen MR) is 221 cm³/mol. The van der Waals surface area contributed by atoms with Crippen LogP contribution in [0.1, 0.15) is 55.5 Å². The van der Waals surface area contributed by atoms with Gasteiger partial charge in [-0.15, -0.1) is 0 Å². The highest BCUT2D eigenvalue weighted by molar-refractivity contribution is 6.13. The molecule has 7 aromatic carbocycles. The van der Waals surface area contributed by atoms with Crippen LogP contribution in [0.15, 0.2) is 133 Å². The van der Waals surface area contributed by atoms with Crippen molar-refractivity contribution < 1.29 is 0 Å². The van der Waals surface area contributed by atoms with Gasteiger partial charge in [0.15, 0.2) is 0 Å². The van der Waals surface area contributed by atoms with Crippen LogP contribution in [0.3, 0.4) is 0 Å². The first-order chi connectivity index (χ1) is 26.2. The summed E-state index contributed by atoms with van der Waals surface area (Å²) in [5.74, 6) is 0. The second kappa shape index (κ2) is 10.4. The van der Waals surface area contributed by atoms with Crippen molar-refractivity contribution in [2.45, 2.75) is 38.5 Å². The number of nitrogens with zero attached hydrogens (tertiary/aromatic N) is 4. The Labute approximate surface area is 313 Å². The Hall–Kier alpha value is -6.88. The Bertz CT molecular complexity index is 3020. The summed E-state index contributed by atoms with van der Waals surface area (Å²) in [5.41, 5.74) is 16.4. The van der Waals surface area contributed by atoms with Crippen molar-refractivity contribution in [3.05, 3.63) is 173 Å². The highest BCUT2D eigenvalue weighted by Gasteiger charge is 2.38. The van der Waals surface area contributed by atoms with E-state index in [-0.39, 0.29) is 10.8 Å². The predicted octanol–water partition coefficient (Wildman–Crippen LogP) is 12.9. The SMILES string of the molecule is [C-]#[N+]c1cc(-n2c3ccccc3c3cc4c(cc32)C(C)(C)c2ccccc2-4)c(C#N)cc1-n1c2ccccc2c2cc3c(cc21)C(C)(C)c1ccccc1-3. The molecule has 2 heterocycles. The van der Waals surface area contributed by atoms with Gasteiger partial charge in [-0.1, -0.05) is 113 Å². The van der Waals surface area contributed by atoms with Crippen molar-refractivity contribution in [1.82, 2.24) is 9.13 Å². The largest absolute Gasteiger partial charge is 0.319 e. The van der Waals surface area contributed by atoms with Gasteiger partial charge in [0.1, 0.15) is 6.07 Å². The van der Waals surface area contributed by atoms with Crippen molar-refractivity contribution >= 4 is 49.3 Å². The molecule has 2 aromatic heterocycles. The van der Waals surface area contributed by atoms with E-state index in [4.69, 9.17) is 6.57 Å². The molecule has 0 amide bonds. The van der Waals surface area contributed by atoms with E-state index in [0.29, 0.717) is 22.6 Å². The van der Waals surface area contributed by atoms with E-state index in [1.807, 2.05) is 12.1 Å². The summed E-state index contributed by atoms with van der Waals surface area (Å²) in [6, 6.07) is 50.0. The minimum absolute atomic E-state index is 0.182. The fraction of sp³-hybridized carbons (Fsp3) is 0.120. The summed E-state index contributed by atoms with van der Waals surface area (Å²) >= 11 is 0. The molecule has 4 heteroatoms. The maximum atomic E-state index is 11.0. The summed E-state index contributed by atoms with van der Waals surface area (Å²) in [5, 5.41) is 15.5. The van der Waals surface area contributed by atoms with Crippen LogP contribution in [-0.4, -0.2) is 9.13 Å². The minimum Gasteiger partial charge on any atom is -0.319 e. The first kappa shape index (κ1) is 30.7. The van der Waals surface area contributed by atoms with Crippen molar-refractivity contribution in [2.24, 2.45) is 0 Å². The standard InChI is InChI=1S/C50H34N4/c1-49(2)38-18-10-6-14-30(38)34-23-36-32-16-8-12-20-43(32)53(46(36)25-40(34)49)45-27-42(52-5)48(22-29(45)28-51)54-44-21-13-9-17-33(44)37-24-35-31-15-7-11-19-39(31)50(3,4)41(35)26-47(37)54/h6-27H,1-4H3. The van der Waals surface area contributed by atoms with Crippen LogP contribution in [0, 0.1) is 17.9 Å². The van der Waals surface area contributed by atoms with Crippen molar-refractivity contribution in [1.29, 1.82) is 5.26 Å². The molecule has 54 heavy (non-hydrogen) atoms. The van der Waals surface area contributed by atoms with Crippen LogP contribution in [-0.2, 0) is 10.8 Å². The summed E-state index contributed by atoms with van der Waals surface area (Å²) in [4.78, 5) is 4.19. The van der Waals surface area contributed by atoms with E-state index in [0.717, 1.165) is 43.6 Å². The molecule has 0 spiro atoms. The third-order valence-electron chi connectivity index (χ3n) is 12.6. The molecule has 0 unspecified atom stereocenters. The van der Waals surface area contributed by atoms with E-state index in [9.17, 15) is 5.26 Å². The van der Waals surface area contributed by atoms with Gasteiger partial charge in [-0.3, -0.25) is 0 Å². The van der Waals surface area contributed by atoms with Gasteiger partial charge < -0.3 is 9.13 Å². The zero-order valence-electron chi connectivity index (χ0n) is 30.5. The first-order valence-electron chi connectivity index (χ1n) is 18.5. The lowest BCUT2D eigenvalue weighted by molar-refractivity contribution is 0.661. The van der Waals surface area contributed by atoms with Crippen molar-refractivity contribution in [3.8, 4) is 39.7 Å². The van der Waals surface area contributed by atoms with Crippen LogP contribution in [0.25, 0.3) is 82.1 Å². The smallest absolute Gasteiger partial charge is 0.212 e. The van der Waals surface area contributed by atoms with Gasteiger partial charge in [0.2, 0.25) is 5.69 Å². The highest BCUT2D eigenvalue weighted by atomic mass is 15.0. The molecule has 4 nitrogen and oxygen atoms in total. The Balaban J connectivity index is 1.19. The summed E-state index contributed by atoms with van der Waals surface area (Å²) < 4.78 is 4.42. The lowest BCUT2D eigenvalue weighted by Gasteiger charge is -2.22. The fourth-order valence-corrected chi connectivity index (χ4v) is 9.95. The van der Waals surface area contributed by atoms with E-state index < -0.39 is 0 Å². The van der Waals surface area contributed by atoms with Crippen LogP contribution < -0.4 is 0 Å². The van der Waals surface area contributed by atoms with E-state index in [1.54, 1.807) is 0 Å². The van der Waals surface area contributed by atoms with Gasteiger partial charge >= 0.3 is 0 Å². The van der Waals surface area contributed by atoms with Crippen LogP contribution >= 0.6 is 0 Å². The molecule has 254 valence electrons. The number of para-hydroxylation sites is 2. The van der Waals surface area contributed by atoms with Gasteiger partial charge in [0, 0.05) is 32.4 Å². The Morgan fingerprint density at radius 1 is 0.481 bits per heavy atom. The van der Waals surface area contributed by atoms with Crippen LogP contribution in [0.5, 0.6) is 0 Å². The topological polar surface area (TPSA) is 38.0 Å². The maximum Gasteiger partial charge on any atom is 0.212 e. The molecule has 9 aromatic rings. The molecule has 0 saturated heterocycles. The number of aromatic nitrogens is 2. The zero-order valence-corrected chi connectivity index (χ0v) is 30.5. The molecule has 11 rings (SSSR count). The number of rotatable bonds is 2. The second-order valence-electron chi connectivity index (χ2n) is 16.0.